The van der Waals surface area contributed by atoms with Crippen molar-refractivity contribution in [1.82, 2.24) is 14.0 Å². The second-order valence-electron chi connectivity index (χ2n) is 7.59. The van der Waals surface area contributed by atoms with Crippen LogP contribution < -0.4 is 21.5 Å². The lowest BCUT2D eigenvalue weighted by Gasteiger charge is -2.35. The standard InChI is InChI=1S/C22H29N5O3/c1-5-26-10-12-27(13-11-26)18-7-8-19(16(2)14-18)23-20(28)9-6-17-15-24(3)22(30)25(4)21(17)29/h6-9,14-15H,5,10-13H2,1-4H3,(H,23,28)/b9-6+. The number of likely N-dealkylation sites (N-methyl/N-ethyl adjacent to an activating group) is 1. The van der Waals surface area contributed by atoms with Gasteiger partial charge in [0, 0.05) is 63.9 Å². The monoisotopic (exact) mass is 411 g/mol. The molecule has 0 radical (unpaired) electrons. The molecule has 1 amide bonds. The van der Waals surface area contributed by atoms with Gasteiger partial charge < -0.3 is 19.7 Å². The number of rotatable bonds is 5. The molecule has 30 heavy (non-hydrogen) atoms. The van der Waals surface area contributed by atoms with Crippen molar-refractivity contribution in [2.75, 3.05) is 42.9 Å². The predicted octanol–water partition coefficient (Wildman–Crippen LogP) is 1.19. The van der Waals surface area contributed by atoms with Crippen molar-refractivity contribution in [1.29, 1.82) is 0 Å². The fraction of sp³-hybridized carbons (Fsp3) is 0.409. The molecule has 0 aliphatic carbocycles. The maximum Gasteiger partial charge on any atom is 0.330 e. The summed E-state index contributed by atoms with van der Waals surface area (Å²) in [5.74, 6) is -0.335. The van der Waals surface area contributed by atoms with E-state index in [4.69, 9.17) is 0 Å². The Hall–Kier alpha value is -3.13. The van der Waals surface area contributed by atoms with Crippen LogP contribution in [0, 0.1) is 6.92 Å². The second-order valence-corrected chi connectivity index (χ2v) is 7.59. The number of nitrogens with zero attached hydrogens (tertiary/aromatic N) is 4. The van der Waals surface area contributed by atoms with E-state index in [2.05, 4.69) is 28.1 Å². The minimum Gasteiger partial charge on any atom is -0.369 e. The van der Waals surface area contributed by atoms with Crippen LogP contribution in [-0.4, -0.2) is 52.7 Å². The van der Waals surface area contributed by atoms with Crippen LogP contribution in [-0.2, 0) is 18.9 Å². The summed E-state index contributed by atoms with van der Waals surface area (Å²) in [6.07, 6.45) is 4.15. The topological polar surface area (TPSA) is 79.6 Å². The van der Waals surface area contributed by atoms with Crippen LogP contribution in [0.5, 0.6) is 0 Å². The van der Waals surface area contributed by atoms with Crippen LogP contribution in [0.1, 0.15) is 18.1 Å². The Morgan fingerprint density at radius 2 is 1.83 bits per heavy atom. The van der Waals surface area contributed by atoms with Gasteiger partial charge in [0.05, 0.1) is 5.56 Å². The number of nitrogens with one attached hydrogen (secondary N) is 1. The van der Waals surface area contributed by atoms with Gasteiger partial charge >= 0.3 is 5.69 Å². The van der Waals surface area contributed by atoms with E-state index >= 15 is 0 Å². The lowest BCUT2D eigenvalue weighted by molar-refractivity contribution is -0.111. The van der Waals surface area contributed by atoms with Gasteiger partial charge in [-0.2, -0.15) is 0 Å². The summed E-state index contributed by atoms with van der Waals surface area (Å²) in [6.45, 7) is 9.34. The van der Waals surface area contributed by atoms with Crippen molar-refractivity contribution >= 4 is 23.4 Å². The van der Waals surface area contributed by atoms with Gasteiger partial charge in [-0.1, -0.05) is 6.92 Å². The number of hydrogen-bond acceptors (Lipinski definition) is 5. The lowest BCUT2D eigenvalue weighted by atomic mass is 10.1. The van der Waals surface area contributed by atoms with E-state index in [0.717, 1.165) is 54.2 Å². The fourth-order valence-corrected chi connectivity index (χ4v) is 3.60. The van der Waals surface area contributed by atoms with Gasteiger partial charge in [0.2, 0.25) is 5.91 Å². The van der Waals surface area contributed by atoms with Gasteiger partial charge in [-0.05, 0) is 43.3 Å². The number of aryl methyl sites for hydroxylation is 2. The van der Waals surface area contributed by atoms with E-state index in [-0.39, 0.29) is 11.5 Å². The average molecular weight is 412 g/mol. The number of aromatic nitrogens is 2. The molecular formula is C22H29N5O3. The van der Waals surface area contributed by atoms with Gasteiger partial charge in [0.1, 0.15) is 0 Å². The van der Waals surface area contributed by atoms with Crippen LogP contribution >= 0.6 is 0 Å². The molecule has 0 atom stereocenters. The third-order valence-electron chi connectivity index (χ3n) is 5.54. The number of amides is 1. The smallest absolute Gasteiger partial charge is 0.330 e. The van der Waals surface area contributed by atoms with Crippen LogP contribution in [0.4, 0.5) is 11.4 Å². The Morgan fingerprint density at radius 1 is 1.13 bits per heavy atom. The Balaban J connectivity index is 1.68. The Labute approximate surface area is 176 Å². The molecular weight excluding hydrogens is 382 g/mol. The summed E-state index contributed by atoms with van der Waals surface area (Å²) in [5, 5.41) is 2.86. The number of carbonyl (C=O) groups excluding carboxylic acids is 1. The molecule has 1 fully saturated rings. The molecule has 1 aromatic heterocycles. The van der Waals surface area contributed by atoms with E-state index in [1.807, 2.05) is 19.1 Å². The minimum atomic E-state index is -0.439. The molecule has 0 saturated carbocycles. The van der Waals surface area contributed by atoms with Crippen LogP contribution in [0.25, 0.3) is 6.08 Å². The van der Waals surface area contributed by atoms with Gasteiger partial charge in [0.15, 0.2) is 0 Å². The molecule has 2 aromatic rings. The molecule has 1 aliphatic heterocycles. The van der Waals surface area contributed by atoms with Crippen molar-refractivity contribution in [3.05, 3.63) is 62.4 Å². The van der Waals surface area contributed by atoms with Gasteiger partial charge in [-0.25, -0.2) is 4.79 Å². The average Bonchev–Trinajstić information content (AvgIpc) is 2.75. The Bertz CT molecular complexity index is 1080. The first-order valence-electron chi connectivity index (χ1n) is 10.1. The lowest BCUT2D eigenvalue weighted by Crippen LogP contribution is -2.46. The number of hydrogen-bond donors (Lipinski definition) is 1. The molecule has 1 aliphatic rings. The maximum absolute atomic E-state index is 12.4. The molecule has 1 N–H and O–H groups in total. The van der Waals surface area contributed by atoms with E-state index in [1.54, 1.807) is 7.05 Å². The molecule has 0 spiro atoms. The van der Waals surface area contributed by atoms with E-state index < -0.39 is 11.2 Å². The number of anilines is 2. The van der Waals surface area contributed by atoms with Crippen LogP contribution in [0.15, 0.2) is 40.1 Å². The fourth-order valence-electron chi connectivity index (χ4n) is 3.60. The van der Waals surface area contributed by atoms with E-state index in [0.29, 0.717) is 0 Å². The summed E-state index contributed by atoms with van der Waals surface area (Å²) in [4.78, 5) is 41.0. The zero-order valence-electron chi connectivity index (χ0n) is 18.0. The van der Waals surface area contributed by atoms with Gasteiger partial charge in [0.25, 0.3) is 5.56 Å². The molecule has 160 valence electrons. The Morgan fingerprint density at radius 3 is 2.47 bits per heavy atom. The number of carbonyl (C=O) groups is 1. The first-order valence-corrected chi connectivity index (χ1v) is 10.1. The molecule has 2 heterocycles. The molecule has 0 bridgehead atoms. The summed E-state index contributed by atoms with van der Waals surface area (Å²) in [6, 6.07) is 6.02. The number of benzene rings is 1. The highest BCUT2D eigenvalue weighted by Gasteiger charge is 2.16. The second kappa shape index (κ2) is 9.13. The SMILES string of the molecule is CCN1CCN(c2ccc(NC(=O)/C=C/c3cn(C)c(=O)n(C)c3=O)c(C)c2)CC1. The van der Waals surface area contributed by atoms with Crippen molar-refractivity contribution < 1.29 is 4.79 Å². The van der Waals surface area contributed by atoms with Gasteiger partial charge in [-0.3, -0.25) is 14.2 Å². The largest absolute Gasteiger partial charge is 0.369 e. The molecule has 8 heteroatoms. The first-order chi connectivity index (χ1) is 14.3. The zero-order chi connectivity index (χ0) is 21.8. The highest BCUT2D eigenvalue weighted by Crippen LogP contribution is 2.23. The Kier molecular flexibility index (Phi) is 6.56. The molecule has 0 unspecified atom stereocenters. The summed E-state index contributed by atoms with van der Waals surface area (Å²) >= 11 is 0. The third-order valence-corrected chi connectivity index (χ3v) is 5.54. The van der Waals surface area contributed by atoms with Crippen molar-refractivity contribution in [3.8, 4) is 0 Å². The summed E-state index contributed by atoms with van der Waals surface area (Å²) in [5.41, 5.74) is 2.29. The van der Waals surface area contributed by atoms with E-state index in [1.165, 1.54) is 30.0 Å². The molecule has 1 aromatic carbocycles. The van der Waals surface area contributed by atoms with Gasteiger partial charge in [-0.15, -0.1) is 0 Å². The molecule has 8 nitrogen and oxygen atoms in total. The quantitative estimate of drug-likeness (QED) is 0.748. The maximum atomic E-state index is 12.4. The molecule has 1 saturated heterocycles. The highest BCUT2D eigenvalue weighted by atomic mass is 16.2. The first kappa shape index (κ1) is 21.6. The molecule has 3 rings (SSSR count). The normalized spacial score (nSPS) is 15.0. The minimum absolute atomic E-state index is 0.271. The predicted molar refractivity (Wildman–Crippen MR) is 120 cm³/mol. The zero-order valence-corrected chi connectivity index (χ0v) is 18.0. The third kappa shape index (κ3) is 4.71. The van der Waals surface area contributed by atoms with Crippen molar-refractivity contribution in [3.63, 3.8) is 0 Å². The summed E-state index contributed by atoms with van der Waals surface area (Å²) < 4.78 is 2.32. The van der Waals surface area contributed by atoms with E-state index in [9.17, 15) is 14.4 Å². The highest BCUT2D eigenvalue weighted by molar-refractivity contribution is 6.02. The van der Waals surface area contributed by atoms with Crippen molar-refractivity contribution in [2.45, 2.75) is 13.8 Å². The number of piperazine rings is 1. The van der Waals surface area contributed by atoms with Crippen molar-refractivity contribution in [2.24, 2.45) is 14.1 Å². The summed E-state index contributed by atoms with van der Waals surface area (Å²) in [7, 11) is 2.97. The van der Waals surface area contributed by atoms with Crippen LogP contribution in [0.3, 0.4) is 0 Å². The van der Waals surface area contributed by atoms with Crippen LogP contribution in [0.2, 0.25) is 0 Å².